The quantitative estimate of drug-likeness (QED) is 0.520. The zero-order valence-corrected chi connectivity index (χ0v) is 7.70. The van der Waals surface area contributed by atoms with Gasteiger partial charge in [-0.1, -0.05) is 15.9 Å². The van der Waals surface area contributed by atoms with E-state index in [-0.39, 0.29) is 28.8 Å². The molecule has 1 radical (unpaired) electrons. The Bertz CT molecular complexity index is 142. The smallest absolute Gasteiger partial charge is 0.0743 e. The molecule has 0 N–H and O–H groups in total. The van der Waals surface area contributed by atoms with E-state index >= 15 is 0 Å². The van der Waals surface area contributed by atoms with Crippen molar-refractivity contribution in [3.05, 3.63) is 10.6 Å². The van der Waals surface area contributed by atoms with Gasteiger partial charge in [0, 0.05) is 24.8 Å². The van der Waals surface area contributed by atoms with E-state index in [0.29, 0.717) is 0 Å². The van der Waals surface area contributed by atoms with Gasteiger partial charge in [0.2, 0.25) is 0 Å². The van der Waals surface area contributed by atoms with Crippen LogP contribution in [-0.2, 0) is 28.1 Å². The second kappa shape index (κ2) is 6.27. The third-order valence-electron chi connectivity index (χ3n) is 0.427. The molecule has 4 heteroatoms. The molecule has 0 saturated heterocycles. The largest absolute Gasteiger partial charge is 0.418 e. The van der Waals surface area contributed by atoms with Crippen molar-refractivity contribution in [1.82, 2.24) is 0 Å². The van der Waals surface area contributed by atoms with Crippen LogP contribution in [0, 0.1) is 0 Å². The number of carbonyl (C=O) groups excluding carboxylic acids is 2. The average molecular weight is 227 g/mol. The van der Waals surface area contributed by atoms with Gasteiger partial charge in [0.05, 0.1) is 5.78 Å². The molecule has 49 valence electrons. The van der Waals surface area contributed by atoms with Gasteiger partial charge in [0.1, 0.15) is 0 Å². The van der Waals surface area contributed by atoms with Crippen molar-refractivity contribution in [1.29, 1.82) is 0 Å². The Hall–Kier alpha value is 0.144. The van der Waals surface area contributed by atoms with Crippen LogP contribution in [0.25, 0.3) is 0 Å². The maximum atomic E-state index is 10.1. The second-order valence-electron chi connectivity index (χ2n) is 1.20. The van der Waals surface area contributed by atoms with Crippen LogP contribution in [0.4, 0.5) is 0 Å². The van der Waals surface area contributed by atoms with Gasteiger partial charge in [-0.15, -0.1) is 4.48 Å². The summed E-state index contributed by atoms with van der Waals surface area (Å²) in [5.41, 5.74) is 0. The summed E-state index contributed by atoms with van der Waals surface area (Å²) >= 11 is 2.79. The second-order valence-corrected chi connectivity index (χ2v) is 2.06. The van der Waals surface area contributed by atoms with Crippen molar-refractivity contribution in [2.45, 2.75) is 6.92 Å². The van der Waals surface area contributed by atoms with Gasteiger partial charge in [0.25, 0.3) is 0 Å². The Morgan fingerprint density at radius 3 is 2.22 bits per heavy atom. The number of rotatable bonds is 2. The van der Waals surface area contributed by atoms with E-state index in [9.17, 15) is 9.59 Å². The molecule has 0 amide bonds. The first-order valence-electron chi connectivity index (χ1n) is 1.92. The van der Waals surface area contributed by atoms with Gasteiger partial charge in [-0.3, -0.25) is 0 Å². The fraction of sp³-hybridized carbons (Fsp3) is 0.200. The Labute approximate surface area is 73.7 Å². The Morgan fingerprint density at radius 2 is 2.11 bits per heavy atom. The predicted octanol–water partition coefficient (Wildman–Crippen LogP) is 0.961. The summed E-state index contributed by atoms with van der Waals surface area (Å²) in [4.78, 5) is 19.8. The molecule has 0 aliphatic heterocycles. The fourth-order valence-corrected chi connectivity index (χ4v) is 0.530. The summed E-state index contributed by atoms with van der Waals surface area (Å²) < 4.78 is 0.157. The van der Waals surface area contributed by atoms with Crippen LogP contribution >= 0.6 is 15.9 Å². The Kier molecular flexibility index (Phi) is 8.28. The molecule has 0 bridgehead atoms. The summed E-state index contributed by atoms with van der Waals surface area (Å²) in [5.74, 6) is -0.166. The molecule has 2 nitrogen and oxygen atoms in total. The van der Waals surface area contributed by atoms with E-state index in [1.165, 1.54) is 13.2 Å². The summed E-state index contributed by atoms with van der Waals surface area (Å²) in [7, 11) is 0. The summed E-state index contributed by atoms with van der Waals surface area (Å²) in [5, 5.41) is 0. The summed E-state index contributed by atoms with van der Waals surface area (Å²) in [6.45, 7) is 1.36. The van der Waals surface area contributed by atoms with E-state index in [1.807, 2.05) is 0 Å². The monoisotopic (exact) mass is 226 g/mol. The molecule has 0 fully saturated rings. The maximum Gasteiger partial charge on any atom is 0.0743 e. The van der Waals surface area contributed by atoms with Gasteiger partial charge in [-0.25, -0.2) is 0 Å². The molecular formula is C5H4BrO2V-. The molecular weight excluding hydrogens is 223 g/mol. The van der Waals surface area contributed by atoms with Crippen molar-refractivity contribution >= 4 is 28.0 Å². The minimum atomic E-state index is -0.166. The van der Waals surface area contributed by atoms with Gasteiger partial charge in [-0.05, 0) is 6.92 Å². The van der Waals surface area contributed by atoms with Crippen LogP contribution in [0.5, 0.6) is 0 Å². The normalized spacial score (nSPS) is 9.78. The van der Waals surface area contributed by atoms with E-state index < -0.39 is 0 Å². The zero-order valence-electron chi connectivity index (χ0n) is 4.72. The van der Waals surface area contributed by atoms with Crippen LogP contribution in [-0.4, -0.2) is 12.1 Å². The van der Waals surface area contributed by atoms with Crippen molar-refractivity contribution in [3.8, 4) is 0 Å². The van der Waals surface area contributed by atoms with Crippen LogP contribution in [0.2, 0.25) is 0 Å². The molecule has 0 aromatic carbocycles. The van der Waals surface area contributed by atoms with Crippen LogP contribution in [0.15, 0.2) is 10.6 Å². The van der Waals surface area contributed by atoms with Crippen LogP contribution in [0.3, 0.4) is 0 Å². The van der Waals surface area contributed by atoms with Gasteiger partial charge < -0.3 is 9.59 Å². The minimum Gasteiger partial charge on any atom is -0.418 e. The van der Waals surface area contributed by atoms with Crippen molar-refractivity contribution in [2.24, 2.45) is 0 Å². The number of carbonyl (C=O) groups is 1. The van der Waals surface area contributed by atoms with Crippen molar-refractivity contribution in [3.63, 3.8) is 0 Å². The van der Waals surface area contributed by atoms with Crippen molar-refractivity contribution < 1.29 is 28.1 Å². The van der Waals surface area contributed by atoms with Gasteiger partial charge in [-0.2, -0.15) is 6.08 Å². The molecule has 9 heavy (non-hydrogen) atoms. The standard InChI is InChI=1S/C5H4BrO2.V/c1-4(8)2-5(6)3-7;/h2H,1H3;/q-1;/b5-2+;. The fourth-order valence-electron chi connectivity index (χ4n) is 0.208. The van der Waals surface area contributed by atoms with Crippen LogP contribution in [0.1, 0.15) is 6.92 Å². The predicted molar refractivity (Wildman–Crippen MR) is 33.4 cm³/mol. The molecule has 0 heterocycles. The van der Waals surface area contributed by atoms with E-state index in [4.69, 9.17) is 0 Å². The third-order valence-corrected chi connectivity index (χ3v) is 0.818. The zero-order chi connectivity index (χ0) is 6.57. The van der Waals surface area contributed by atoms with Gasteiger partial charge in [0.15, 0.2) is 0 Å². The summed E-state index contributed by atoms with van der Waals surface area (Å²) in [6, 6.07) is 0. The summed E-state index contributed by atoms with van der Waals surface area (Å²) in [6.07, 6.45) is 2.66. The first-order valence-corrected chi connectivity index (χ1v) is 2.72. The topological polar surface area (TPSA) is 34.1 Å². The minimum absolute atomic E-state index is 0. The number of ketones is 1. The van der Waals surface area contributed by atoms with E-state index in [2.05, 4.69) is 15.9 Å². The molecule has 0 aromatic heterocycles. The molecule has 0 spiro atoms. The van der Waals surface area contributed by atoms with E-state index in [1.54, 1.807) is 0 Å². The molecule has 0 saturated carbocycles. The number of halogens is 1. The third kappa shape index (κ3) is 8.14. The SMILES string of the molecule is CC(=O)/C=C(/Br)[C-]=O.[V]. The Balaban J connectivity index is 0. The number of allylic oxidation sites excluding steroid dienone is 2. The maximum absolute atomic E-state index is 10.1. The average Bonchev–Trinajstić information content (AvgIpc) is 1.65. The van der Waals surface area contributed by atoms with Crippen molar-refractivity contribution in [2.75, 3.05) is 0 Å². The van der Waals surface area contributed by atoms with Crippen LogP contribution < -0.4 is 0 Å². The number of hydrogen-bond donors (Lipinski definition) is 0. The molecule has 0 rings (SSSR count). The molecule has 0 atom stereocenters. The molecule has 0 aliphatic carbocycles. The van der Waals surface area contributed by atoms with E-state index in [0.717, 1.165) is 6.08 Å². The Morgan fingerprint density at radius 1 is 1.67 bits per heavy atom. The molecule has 0 unspecified atom stereocenters. The first kappa shape index (κ1) is 11.9. The molecule has 0 aromatic rings. The number of hydrogen-bond acceptors (Lipinski definition) is 2. The van der Waals surface area contributed by atoms with Gasteiger partial charge >= 0.3 is 0 Å². The first-order chi connectivity index (χ1) is 3.66. The molecule has 0 aliphatic rings.